The second-order valence-electron chi connectivity index (χ2n) is 4.21. The first-order valence-corrected chi connectivity index (χ1v) is 5.46. The minimum absolute atomic E-state index is 0.0758. The molecule has 2 heteroatoms. The summed E-state index contributed by atoms with van der Waals surface area (Å²) in [6.45, 7) is 2.06. The summed E-state index contributed by atoms with van der Waals surface area (Å²) in [6, 6.07) is 0. The molecular weight excluding hydrogens is 164 g/mol. The molecule has 1 fully saturated rings. The maximum absolute atomic E-state index is 10.9. The summed E-state index contributed by atoms with van der Waals surface area (Å²) in [5, 5.41) is 8.96. The Morgan fingerprint density at radius 3 is 2.54 bits per heavy atom. The van der Waals surface area contributed by atoms with Crippen LogP contribution in [0.5, 0.6) is 0 Å². The van der Waals surface area contributed by atoms with Crippen molar-refractivity contribution < 1.29 is 9.90 Å². The number of hydrogen-bond acceptors (Lipinski definition) is 1. The number of carbonyl (C=O) groups is 1. The van der Waals surface area contributed by atoms with Crippen LogP contribution in [0.15, 0.2) is 0 Å². The van der Waals surface area contributed by atoms with E-state index < -0.39 is 5.97 Å². The summed E-state index contributed by atoms with van der Waals surface area (Å²) >= 11 is 0. The van der Waals surface area contributed by atoms with E-state index in [1.165, 1.54) is 25.7 Å². The Labute approximate surface area is 80.3 Å². The van der Waals surface area contributed by atoms with Gasteiger partial charge in [0.05, 0.1) is 5.92 Å². The Balaban J connectivity index is 2.32. The predicted molar refractivity (Wildman–Crippen MR) is 52.6 cm³/mol. The van der Waals surface area contributed by atoms with Gasteiger partial charge in [0, 0.05) is 0 Å². The fourth-order valence-electron chi connectivity index (χ4n) is 2.34. The zero-order valence-electron chi connectivity index (χ0n) is 8.46. The number of carboxylic acids is 1. The molecule has 0 aromatic heterocycles. The van der Waals surface area contributed by atoms with Gasteiger partial charge in [-0.3, -0.25) is 4.79 Å². The normalized spacial score (nSPS) is 20.4. The molecule has 0 amide bonds. The zero-order chi connectivity index (χ0) is 9.68. The Bertz CT molecular complexity index is 159. The molecular formula is C11H20O2. The highest BCUT2D eigenvalue weighted by Gasteiger charge is 2.23. The molecule has 1 rings (SSSR count). The van der Waals surface area contributed by atoms with Crippen molar-refractivity contribution in [3.8, 4) is 0 Å². The van der Waals surface area contributed by atoms with Gasteiger partial charge in [0.2, 0.25) is 0 Å². The van der Waals surface area contributed by atoms with Crippen molar-refractivity contribution in [2.24, 2.45) is 11.8 Å². The monoisotopic (exact) mass is 184 g/mol. The zero-order valence-corrected chi connectivity index (χ0v) is 8.46. The van der Waals surface area contributed by atoms with E-state index in [9.17, 15) is 4.79 Å². The summed E-state index contributed by atoms with van der Waals surface area (Å²) in [4.78, 5) is 10.9. The van der Waals surface area contributed by atoms with E-state index in [2.05, 4.69) is 6.92 Å². The molecule has 1 aliphatic carbocycles. The maximum Gasteiger partial charge on any atom is 0.306 e. The van der Waals surface area contributed by atoms with E-state index in [1.54, 1.807) is 0 Å². The SMILES string of the molecule is CCC[C@@H](CC1CCCC1)C(=O)O. The van der Waals surface area contributed by atoms with Crippen LogP contribution in [0.3, 0.4) is 0 Å². The molecule has 0 aromatic carbocycles. The van der Waals surface area contributed by atoms with E-state index in [1.807, 2.05) is 0 Å². The fourth-order valence-corrected chi connectivity index (χ4v) is 2.34. The maximum atomic E-state index is 10.9. The minimum atomic E-state index is -0.589. The Morgan fingerprint density at radius 1 is 1.46 bits per heavy atom. The topological polar surface area (TPSA) is 37.3 Å². The van der Waals surface area contributed by atoms with Crippen LogP contribution in [0.4, 0.5) is 0 Å². The molecule has 1 aliphatic rings. The van der Waals surface area contributed by atoms with Crippen LogP contribution < -0.4 is 0 Å². The summed E-state index contributed by atoms with van der Waals surface area (Å²) in [5.41, 5.74) is 0. The van der Waals surface area contributed by atoms with Gasteiger partial charge in [0.15, 0.2) is 0 Å². The van der Waals surface area contributed by atoms with Crippen LogP contribution in [-0.2, 0) is 4.79 Å². The molecule has 1 atom stereocenters. The van der Waals surface area contributed by atoms with Gasteiger partial charge < -0.3 is 5.11 Å². The van der Waals surface area contributed by atoms with Crippen LogP contribution in [0.25, 0.3) is 0 Å². The molecule has 1 N–H and O–H groups in total. The summed E-state index contributed by atoms with van der Waals surface area (Å²) in [5.74, 6) is 0.0366. The standard InChI is InChI=1S/C11H20O2/c1-2-5-10(11(12)13)8-9-6-3-4-7-9/h9-10H,2-8H2,1H3,(H,12,13)/t10-/m0/s1. The largest absolute Gasteiger partial charge is 0.481 e. The highest BCUT2D eigenvalue weighted by atomic mass is 16.4. The van der Waals surface area contributed by atoms with Gasteiger partial charge in [-0.2, -0.15) is 0 Å². The molecule has 0 aromatic rings. The third-order valence-corrected chi connectivity index (χ3v) is 3.08. The molecule has 0 heterocycles. The average Bonchev–Trinajstić information content (AvgIpc) is 2.56. The highest BCUT2D eigenvalue weighted by molar-refractivity contribution is 5.69. The van der Waals surface area contributed by atoms with E-state index in [0.717, 1.165) is 19.3 Å². The van der Waals surface area contributed by atoms with E-state index >= 15 is 0 Å². The van der Waals surface area contributed by atoms with Gasteiger partial charge in [0.1, 0.15) is 0 Å². The first kappa shape index (κ1) is 10.6. The quantitative estimate of drug-likeness (QED) is 0.713. The van der Waals surface area contributed by atoms with Crippen LogP contribution in [0, 0.1) is 11.8 Å². The molecule has 0 aliphatic heterocycles. The second kappa shape index (κ2) is 5.25. The van der Waals surface area contributed by atoms with Crippen LogP contribution in [0.2, 0.25) is 0 Å². The molecule has 0 unspecified atom stereocenters. The van der Waals surface area contributed by atoms with E-state index in [0.29, 0.717) is 5.92 Å². The van der Waals surface area contributed by atoms with Crippen molar-refractivity contribution in [2.45, 2.75) is 51.9 Å². The highest BCUT2D eigenvalue weighted by Crippen LogP contribution is 2.31. The number of rotatable bonds is 5. The number of hydrogen-bond donors (Lipinski definition) is 1. The molecule has 13 heavy (non-hydrogen) atoms. The van der Waals surface area contributed by atoms with Crippen molar-refractivity contribution >= 4 is 5.97 Å². The molecule has 2 nitrogen and oxygen atoms in total. The molecule has 0 saturated heterocycles. The third kappa shape index (κ3) is 3.37. The molecule has 76 valence electrons. The lowest BCUT2D eigenvalue weighted by atomic mass is 9.90. The Morgan fingerprint density at radius 2 is 2.08 bits per heavy atom. The average molecular weight is 184 g/mol. The van der Waals surface area contributed by atoms with Crippen molar-refractivity contribution in [3.05, 3.63) is 0 Å². The van der Waals surface area contributed by atoms with Gasteiger partial charge in [-0.1, -0.05) is 39.0 Å². The van der Waals surface area contributed by atoms with Crippen LogP contribution >= 0.6 is 0 Å². The summed E-state index contributed by atoms with van der Waals surface area (Å²) in [6.07, 6.45) is 7.89. The summed E-state index contributed by atoms with van der Waals surface area (Å²) < 4.78 is 0. The minimum Gasteiger partial charge on any atom is -0.481 e. The lowest BCUT2D eigenvalue weighted by Crippen LogP contribution is -2.16. The Kier molecular flexibility index (Phi) is 4.26. The first-order chi connectivity index (χ1) is 6.24. The summed E-state index contributed by atoms with van der Waals surface area (Å²) in [7, 11) is 0. The molecule has 1 saturated carbocycles. The lowest BCUT2D eigenvalue weighted by molar-refractivity contribution is -0.142. The van der Waals surface area contributed by atoms with E-state index in [-0.39, 0.29) is 5.92 Å². The van der Waals surface area contributed by atoms with Gasteiger partial charge in [-0.15, -0.1) is 0 Å². The lowest BCUT2D eigenvalue weighted by Gasteiger charge is -2.15. The van der Waals surface area contributed by atoms with Gasteiger partial charge in [-0.25, -0.2) is 0 Å². The third-order valence-electron chi connectivity index (χ3n) is 3.08. The molecule has 0 radical (unpaired) electrons. The van der Waals surface area contributed by atoms with Gasteiger partial charge >= 0.3 is 5.97 Å². The second-order valence-corrected chi connectivity index (χ2v) is 4.21. The van der Waals surface area contributed by atoms with Crippen molar-refractivity contribution in [1.29, 1.82) is 0 Å². The van der Waals surface area contributed by atoms with Crippen LogP contribution in [-0.4, -0.2) is 11.1 Å². The van der Waals surface area contributed by atoms with Crippen molar-refractivity contribution in [1.82, 2.24) is 0 Å². The smallest absolute Gasteiger partial charge is 0.306 e. The number of aliphatic carboxylic acids is 1. The van der Waals surface area contributed by atoms with Gasteiger partial charge in [0.25, 0.3) is 0 Å². The molecule has 0 bridgehead atoms. The van der Waals surface area contributed by atoms with Crippen molar-refractivity contribution in [3.63, 3.8) is 0 Å². The predicted octanol–water partition coefficient (Wildman–Crippen LogP) is 3.07. The van der Waals surface area contributed by atoms with E-state index in [4.69, 9.17) is 5.11 Å². The Hall–Kier alpha value is -0.530. The molecule has 0 spiro atoms. The van der Waals surface area contributed by atoms with Crippen LogP contribution in [0.1, 0.15) is 51.9 Å². The first-order valence-electron chi connectivity index (χ1n) is 5.46. The van der Waals surface area contributed by atoms with Crippen molar-refractivity contribution in [2.75, 3.05) is 0 Å². The van der Waals surface area contributed by atoms with Gasteiger partial charge in [-0.05, 0) is 18.8 Å². The fraction of sp³-hybridized carbons (Fsp3) is 0.909. The number of carboxylic acid groups (broad SMARTS) is 1.